The molecule has 0 heterocycles. The van der Waals surface area contributed by atoms with E-state index in [-0.39, 0.29) is 17.2 Å². The Balaban J connectivity index is 3.92. The molecule has 1 atom stereocenters. The smallest absolute Gasteiger partial charge is 0.147 e. The van der Waals surface area contributed by atoms with Gasteiger partial charge in [0, 0.05) is 18.1 Å². The number of hydrogen-bond acceptors (Lipinski definition) is 3. The largest absolute Gasteiger partial charge is 0.327 e. The molecular weight excluding hydrogens is 198 g/mol. The van der Waals surface area contributed by atoms with Crippen LogP contribution in [0.3, 0.4) is 0 Å². The van der Waals surface area contributed by atoms with Crippen molar-refractivity contribution in [2.45, 2.75) is 46.1 Å². The van der Waals surface area contributed by atoms with Crippen LogP contribution < -0.4 is 5.73 Å². The van der Waals surface area contributed by atoms with Crippen LogP contribution in [0.1, 0.15) is 40.0 Å². The van der Waals surface area contributed by atoms with Gasteiger partial charge in [-0.1, -0.05) is 20.8 Å². The van der Waals surface area contributed by atoms with Crippen LogP contribution >= 0.6 is 0 Å². The van der Waals surface area contributed by atoms with Crippen molar-refractivity contribution in [3.8, 4) is 0 Å². The zero-order chi connectivity index (χ0) is 11.4. The summed E-state index contributed by atoms with van der Waals surface area (Å²) in [6.07, 6.45) is 3.74. The molecule has 0 bridgehead atoms. The lowest BCUT2D eigenvalue weighted by Gasteiger charge is -2.30. The van der Waals surface area contributed by atoms with Crippen LogP contribution in [0.25, 0.3) is 0 Å². The Kier molecular flexibility index (Phi) is 5.09. The second-order valence-electron chi connectivity index (χ2n) is 4.72. The van der Waals surface area contributed by atoms with E-state index in [9.17, 15) is 8.42 Å². The highest BCUT2D eigenvalue weighted by molar-refractivity contribution is 7.90. The quantitative estimate of drug-likeness (QED) is 0.740. The van der Waals surface area contributed by atoms with Crippen LogP contribution in [-0.4, -0.2) is 26.5 Å². The fourth-order valence-electron chi connectivity index (χ4n) is 1.22. The number of nitrogens with two attached hydrogens (primary N) is 1. The van der Waals surface area contributed by atoms with E-state index < -0.39 is 9.84 Å². The fraction of sp³-hybridized carbons (Fsp3) is 1.00. The molecule has 3 nitrogen and oxygen atoms in total. The van der Waals surface area contributed by atoms with Gasteiger partial charge < -0.3 is 5.73 Å². The van der Waals surface area contributed by atoms with Crippen molar-refractivity contribution in [2.75, 3.05) is 12.0 Å². The zero-order valence-corrected chi connectivity index (χ0v) is 10.5. The van der Waals surface area contributed by atoms with Gasteiger partial charge in [-0.25, -0.2) is 8.42 Å². The highest BCUT2D eigenvalue weighted by atomic mass is 32.2. The topological polar surface area (TPSA) is 60.2 Å². The molecule has 0 amide bonds. The van der Waals surface area contributed by atoms with Gasteiger partial charge in [0.1, 0.15) is 9.84 Å². The molecule has 0 radical (unpaired) electrons. The first kappa shape index (κ1) is 13.9. The minimum absolute atomic E-state index is 0.0919. The van der Waals surface area contributed by atoms with Gasteiger partial charge in [0.15, 0.2) is 0 Å². The molecule has 4 heteroatoms. The maximum absolute atomic E-state index is 10.9. The van der Waals surface area contributed by atoms with Crippen molar-refractivity contribution >= 4 is 9.84 Å². The van der Waals surface area contributed by atoms with Gasteiger partial charge in [-0.2, -0.15) is 0 Å². The normalized spacial score (nSPS) is 15.5. The van der Waals surface area contributed by atoms with Crippen molar-refractivity contribution in [1.29, 1.82) is 0 Å². The fourth-order valence-corrected chi connectivity index (χ4v) is 1.91. The van der Waals surface area contributed by atoms with Crippen LogP contribution in [0.2, 0.25) is 0 Å². The van der Waals surface area contributed by atoms with Crippen LogP contribution in [0.4, 0.5) is 0 Å². The first-order chi connectivity index (χ1) is 6.19. The van der Waals surface area contributed by atoms with E-state index in [0.717, 1.165) is 12.8 Å². The molecule has 1 unspecified atom stereocenters. The first-order valence-electron chi connectivity index (χ1n) is 5.12. The predicted molar refractivity (Wildman–Crippen MR) is 61.0 cm³/mol. The average molecular weight is 221 g/mol. The SMILES string of the molecule is CCC(C)(C)C(N)CCCS(C)(=O)=O. The summed E-state index contributed by atoms with van der Waals surface area (Å²) in [5, 5.41) is 0. The van der Waals surface area contributed by atoms with Crippen molar-refractivity contribution in [3.05, 3.63) is 0 Å². The molecule has 0 aromatic rings. The molecule has 0 aliphatic rings. The summed E-state index contributed by atoms with van der Waals surface area (Å²) in [6, 6.07) is 0.0919. The van der Waals surface area contributed by atoms with E-state index in [4.69, 9.17) is 5.73 Å². The maximum atomic E-state index is 10.9. The van der Waals surface area contributed by atoms with Crippen molar-refractivity contribution < 1.29 is 8.42 Å². The minimum atomic E-state index is -2.83. The Labute approximate surface area is 88.0 Å². The summed E-state index contributed by atoms with van der Waals surface area (Å²) in [7, 11) is -2.83. The highest BCUT2D eigenvalue weighted by Crippen LogP contribution is 2.25. The Hall–Kier alpha value is -0.0900. The lowest BCUT2D eigenvalue weighted by atomic mass is 9.80. The Morgan fingerprint density at radius 3 is 2.21 bits per heavy atom. The Morgan fingerprint density at radius 2 is 1.86 bits per heavy atom. The molecule has 0 aliphatic carbocycles. The van der Waals surface area contributed by atoms with E-state index in [2.05, 4.69) is 20.8 Å². The van der Waals surface area contributed by atoms with E-state index in [1.165, 1.54) is 6.26 Å². The van der Waals surface area contributed by atoms with E-state index >= 15 is 0 Å². The molecule has 0 aromatic carbocycles. The molecule has 0 saturated heterocycles. The molecule has 14 heavy (non-hydrogen) atoms. The maximum Gasteiger partial charge on any atom is 0.147 e. The van der Waals surface area contributed by atoms with Gasteiger partial charge in [-0.15, -0.1) is 0 Å². The number of rotatable bonds is 6. The summed E-state index contributed by atoms with van der Waals surface area (Å²) in [5.74, 6) is 0.250. The molecule has 0 aliphatic heterocycles. The predicted octanol–water partition coefficient (Wildman–Crippen LogP) is 1.57. The minimum Gasteiger partial charge on any atom is -0.327 e. The van der Waals surface area contributed by atoms with E-state index in [0.29, 0.717) is 6.42 Å². The summed E-state index contributed by atoms with van der Waals surface area (Å²) in [4.78, 5) is 0. The molecule has 2 N–H and O–H groups in total. The molecular formula is C10H23NO2S. The standard InChI is InChI=1S/C10H23NO2S/c1-5-10(2,3)9(11)7-6-8-14(4,12)13/h9H,5-8,11H2,1-4H3. The average Bonchev–Trinajstić information content (AvgIpc) is 2.02. The molecule has 0 saturated carbocycles. The van der Waals surface area contributed by atoms with E-state index in [1.807, 2.05) is 0 Å². The van der Waals surface area contributed by atoms with Crippen LogP contribution in [-0.2, 0) is 9.84 Å². The van der Waals surface area contributed by atoms with Gasteiger partial charge in [0.05, 0.1) is 0 Å². The highest BCUT2D eigenvalue weighted by Gasteiger charge is 2.23. The van der Waals surface area contributed by atoms with Crippen LogP contribution in [0.5, 0.6) is 0 Å². The Morgan fingerprint density at radius 1 is 1.36 bits per heavy atom. The lowest BCUT2D eigenvalue weighted by molar-refractivity contribution is 0.261. The summed E-state index contributed by atoms with van der Waals surface area (Å²) in [5.41, 5.74) is 6.11. The van der Waals surface area contributed by atoms with Crippen molar-refractivity contribution in [1.82, 2.24) is 0 Å². The summed E-state index contributed by atoms with van der Waals surface area (Å²) >= 11 is 0. The molecule has 0 rings (SSSR count). The van der Waals surface area contributed by atoms with Gasteiger partial charge in [-0.3, -0.25) is 0 Å². The monoisotopic (exact) mass is 221 g/mol. The zero-order valence-electron chi connectivity index (χ0n) is 9.71. The molecule has 0 aromatic heterocycles. The number of sulfone groups is 1. The third-order valence-corrected chi connectivity index (χ3v) is 3.98. The molecule has 0 spiro atoms. The second-order valence-corrected chi connectivity index (χ2v) is 6.98. The van der Waals surface area contributed by atoms with Gasteiger partial charge in [0.2, 0.25) is 0 Å². The van der Waals surface area contributed by atoms with E-state index in [1.54, 1.807) is 0 Å². The third-order valence-electron chi connectivity index (χ3n) is 2.95. The number of hydrogen-bond donors (Lipinski definition) is 1. The van der Waals surface area contributed by atoms with Crippen molar-refractivity contribution in [2.24, 2.45) is 11.1 Å². The third kappa shape index (κ3) is 5.60. The first-order valence-corrected chi connectivity index (χ1v) is 7.18. The Bertz CT molecular complexity index is 257. The van der Waals surface area contributed by atoms with Gasteiger partial charge >= 0.3 is 0 Å². The summed E-state index contributed by atoms with van der Waals surface area (Å²) < 4.78 is 21.8. The lowest BCUT2D eigenvalue weighted by Crippen LogP contribution is -2.37. The molecule has 86 valence electrons. The van der Waals surface area contributed by atoms with Crippen LogP contribution in [0, 0.1) is 5.41 Å². The van der Waals surface area contributed by atoms with Crippen molar-refractivity contribution in [3.63, 3.8) is 0 Å². The van der Waals surface area contributed by atoms with Crippen LogP contribution in [0.15, 0.2) is 0 Å². The second kappa shape index (κ2) is 5.12. The summed E-state index contributed by atoms with van der Waals surface area (Å²) in [6.45, 7) is 6.35. The van der Waals surface area contributed by atoms with Gasteiger partial charge in [0.25, 0.3) is 0 Å². The van der Waals surface area contributed by atoms with Gasteiger partial charge in [-0.05, 0) is 24.7 Å². The molecule has 0 fully saturated rings.